The van der Waals surface area contributed by atoms with E-state index >= 15 is 0 Å². The van der Waals surface area contributed by atoms with Crippen LogP contribution in [0, 0.1) is 11.8 Å². The van der Waals surface area contributed by atoms with Gasteiger partial charge in [0.15, 0.2) is 23.0 Å². The molecule has 6 rings (SSSR count). The fraction of sp³-hybridized carbons (Fsp3) is 0.600. The molecule has 0 aromatic heterocycles. The van der Waals surface area contributed by atoms with E-state index in [0.717, 1.165) is 74.5 Å². The minimum atomic E-state index is -1.53. The van der Waals surface area contributed by atoms with Gasteiger partial charge in [-0.25, -0.2) is 15.6 Å². The van der Waals surface area contributed by atoms with Crippen molar-refractivity contribution in [2.24, 2.45) is 22.0 Å². The molecule has 16 heteroatoms. The number of hydrogen-bond donors (Lipinski definition) is 4. The molecule has 0 spiro atoms. The molecular weight excluding hydrogens is 785 g/mol. The molecule has 2 heterocycles. The number of carbonyl (C=O) groups is 4. The maximum Gasteiger partial charge on any atom is 0.396 e. The normalized spacial score (nSPS) is 25.5. The van der Waals surface area contributed by atoms with E-state index < -0.39 is 17.8 Å². The maximum absolute atomic E-state index is 12.5. The number of likely N-dealkylation sites (N-methyl/N-ethyl adjacent to an activating group) is 2. The zero-order valence-corrected chi connectivity index (χ0v) is 36.9. The first-order valence-corrected chi connectivity index (χ1v) is 21.1. The highest BCUT2D eigenvalue weighted by molar-refractivity contribution is 6.31. The highest BCUT2D eigenvalue weighted by Gasteiger charge is 2.51. The number of carbonyl (C=O) groups excluding carboxylic acids is 2. The van der Waals surface area contributed by atoms with Crippen LogP contribution in [0.3, 0.4) is 0 Å². The van der Waals surface area contributed by atoms with Crippen LogP contribution in [-0.4, -0.2) is 123 Å². The number of hydrogen-bond acceptors (Lipinski definition) is 12. The Morgan fingerprint density at radius 3 is 1.57 bits per heavy atom. The third-order valence-corrected chi connectivity index (χ3v) is 13.2. The molecule has 2 saturated carbocycles. The van der Waals surface area contributed by atoms with Crippen LogP contribution < -0.4 is 29.8 Å². The molecule has 61 heavy (non-hydrogen) atoms. The van der Waals surface area contributed by atoms with Gasteiger partial charge in [0.2, 0.25) is 5.91 Å². The monoisotopic (exact) mass is 848 g/mol. The van der Waals surface area contributed by atoms with E-state index in [1.807, 2.05) is 26.0 Å². The largest absolute Gasteiger partial charge is 0.493 e. The number of nitrogens with zero attached hydrogens (tertiary/aromatic N) is 4. The number of aliphatic carboxylic acids is 2. The van der Waals surface area contributed by atoms with E-state index in [-0.39, 0.29) is 47.6 Å². The molecule has 0 bridgehead atoms. The number of amides is 2. The lowest BCUT2D eigenvalue weighted by atomic mass is 9.65. The van der Waals surface area contributed by atoms with Crippen LogP contribution in [0.1, 0.15) is 95.6 Å². The molecular formula is C45H64N6O10. The van der Waals surface area contributed by atoms with Gasteiger partial charge < -0.3 is 39.0 Å². The highest BCUT2D eigenvalue weighted by Crippen LogP contribution is 2.50. The standard InChI is InChI=1S/C26H39N3O5.C19H25N3O5/c1-17(2)12-18(14-25(31)32)13-24(30)28-27-20-8-9-26(10-11-29(3)23(26)16-20)19-6-7-21(33-4)22(15-19)34-5;1-22-9-8-19(12-4-5-14(26-2)15(10-12)27-3)7-6-13(11-16(19)22)20-21-17(23)18(24)25/h6-7,15,17-18,23H,8-14,16H2,1-5H3,(H,28,30)(H,31,32);4-5,10,16H,6-9,11H2,1-3H3,(H,21,23)(H,24,25)/b27-20+;20-13+. The minimum absolute atomic E-state index is 0.00286. The molecule has 4 fully saturated rings. The lowest BCUT2D eigenvalue weighted by Crippen LogP contribution is -2.46. The van der Waals surface area contributed by atoms with Crippen molar-refractivity contribution in [1.29, 1.82) is 0 Å². The van der Waals surface area contributed by atoms with Crippen molar-refractivity contribution in [2.75, 3.05) is 55.6 Å². The summed E-state index contributed by atoms with van der Waals surface area (Å²) in [6, 6.07) is 12.8. The Morgan fingerprint density at radius 2 is 1.16 bits per heavy atom. The van der Waals surface area contributed by atoms with Crippen LogP contribution in [-0.2, 0) is 30.0 Å². The number of fused-ring (bicyclic) bond motifs is 2. The van der Waals surface area contributed by atoms with Crippen LogP contribution in [0.5, 0.6) is 23.0 Å². The van der Waals surface area contributed by atoms with Crippen molar-refractivity contribution in [3.8, 4) is 23.0 Å². The summed E-state index contributed by atoms with van der Waals surface area (Å²) in [6.07, 6.45) is 7.79. The summed E-state index contributed by atoms with van der Waals surface area (Å²) in [7, 11) is 10.8. The Bertz CT molecular complexity index is 1970. The van der Waals surface area contributed by atoms with Gasteiger partial charge in [-0.2, -0.15) is 10.2 Å². The second kappa shape index (κ2) is 20.6. The van der Waals surface area contributed by atoms with Crippen molar-refractivity contribution < 1.29 is 48.3 Å². The average Bonchev–Trinajstić information content (AvgIpc) is 3.77. The van der Waals surface area contributed by atoms with Gasteiger partial charge in [-0.15, -0.1) is 0 Å². The predicted octanol–water partition coefficient (Wildman–Crippen LogP) is 5.22. The molecule has 5 atom stereocenters. The molecule has 2 aliphatic heterocycles. The summed E-state index contributed by atoms with van der Waals surface area (Å²) in [5, 5.41) is 26.4. The van der Waals surface area contributed by atoms with Crippen molar-refractivity contribution in [3.63, 3.8) is 0 Å². The van der Waals surface area contributed by atoms with Gasteiger partial charge in [-0.3, -0.25) is 14.4 Å². The number of benzene rings is 2. The van der Waals surface area contributed by atoms with E-state index in [0.29, 0.717) is 36.7 Å². The predicted molar refractivity (Wildman–Crippen MR) is 231 cm³/mol. The van der Waals surface area contributed by atoms with E-state index in [1.165, 1.54) is 11.1 Å². The highest BCUT2D eigenvalue weighted by atomic mass is 16.5. The second-order valence-electron chi connectivity index (χ2n) is 17.3. The summed E-state index contributed by atoms with van der Waals surface area (Å²) in [5.41, 5.74) is 9.10. The Morgan fingerprint density at radius 1 is 0.705 bits per heavy atom. The lowest BCUT2D eigenvalue weighted by Gasteiger charge is -2.42. The Kier molecular flexibility index (Phi) is 15.8. The van der Waals surface area contributed by atoms with Crippen LogP contribution in [0.15, 0.2) is 46.6 Å². The average molecular weight is 849 g/mol. The number of hydrazone groups is 2. The first kappa shape index (κ1) is 46.8. The van der Waals surface area contributed by atoms with Crippen LogP contribution >= 0.6 is 0 Å². The topological polar surface area (TPSA) is 201 Å². The number of ether oxygens (including phenoxy) is 4. The van der Waals surface area contributed by atoms with Gasteiger partial charge >= 0.3 is 17.8 Å². The lowest BCUT2D eigenvalue weighted by molar-refractivity contribution is -0.150. The minimum Gasteiger partial charge on any atom is -0.493 e. The Labute approximate surface area is 359 Å². The number of methoxy groups -OCH3 is 4. The molecule has 0 radical (unpaired) electrons. The Balaban J connectivity index is 0.000000237. The molecule has 5 unspecified atom stereocenters. The van der Waals surface area contributed by atoms with Gasteiger partial charge in [-0.1, -0.05) is 26.0 Å². The molecule has 2 saturated heterocycles. The van der Waals surface area contributed by atoms with Crippen molar-refractivity contribution in [2.45, 2.75) is 107 Å². The zero-order valence-electron chi connectivity index (χ0n) is 36.9. The number of carboxylic acid groups (broad SMARTS) is 2. The summed E-state index contributed by atoms with van der Waals surface area (Å²) >= 11 is 0. The first-order chi connectivity index (χ1) is 29.1. The quantitative estimate of drug-likeness (QED) is 0.143. The number of rotatable bonds is 14. The van der Waals surface area contributed by atoms with Gasteiger partial charge in [0.05, 0.1) is 28.4 Å². The van der Waals surface area contributed by atoms with Gasteiger partial charge in [0.1, 0.15) is 0 Å². The number of carboxylic acids is 2. The number of nitrogens with one attached hydrogen (secondary N) is 2. The van der Waals surface area contributed by atoms with Gasteiger partial charge in [0.25, 0.3) is 0 Å². The second-order valence-corrected chi connectivity index (χ2v) is 17.3. The SMILES string of the molecule is COc1ccc(C23CC/C(=N\NC(=O)C(=O)O)CC2N(C)CC3)cc1OC.COc1ccc(C23CC/C(=N\NC(=O)CC(CC(=O)O)CC(C)C)CC2N(C)CC3)cc1OC. The van der Waals surface area contributed by atoms with E-state index in [2.05, 4.69) is 69.2 Å². The summed E-state index contributed by atoms with van der Waals surface area (Å²) in [6.45, 7) is 6.05. The maximum atomic E-state index is 12.5. The van der Waals surface area contributed by atoms with Crippen LogP contribution in [0.2, 0.25) is 0 Å². The van der Waals surface area contributed by atoms with Crippen molar-refractivity contribution in [1.82, 2.24) is 20.7 Å². The van der Waals surface area contributed by atoms with E-state index in [4.69, 9.17) is 29.2 Å². The summed E-state index contributed by atoms with van der Waals surface area (Å²) < 4.78 is 21.8. The summed E-state index contributed by atoms with van der Waals surface area (Å²) in [5.74, 6) is -0.680. The van der Waals surface area contributed by atoms with Gasteiger partial charge in [-0.05, 0) is 119 Å². The fourth-order valence-electron chi connectivity index (χ4n) is 10.1. The van der Waals surface area contributed by atoms with E-state index in [9.17, 15) is 19.2 Å². The molecule has 2 aromatic carbocycles. The zero-order chi connectivity index (χ0) is 44.5. The third-order valence-electron chi connectivity index (χ3n) is 13.2. The molecule has 4 aliphatic rings. The Hall–Kier alpha value is -5.22. The fourth-order valence-corrected chi connectivity index (χ4v) is 10.1. The molecule has 4 N–H and O–H groups in total. The number of likely N-dealkylation sites (tertiary alicyclic amines) is 2. The molecule has 334 valence electrons. The molecule has 16 nitrogen and oxygen atoms in total. The summed E-state index contributed by atoms with van der Waals surface area (Å²) in [4.78, 5) is 50.3. The van der Waals surface area contributed by atoms with E-state index in [1.54, 1.807) is 28.4 Å². The van der Waals surface area contributed by atoms with Crippen molar-refractivity contribution in [3.05, 3.63) is 47.5 Å². The van der Waals surface area contributed by atoms with Crippen molar-refractivity contribution >= 4 is 35.2 Å². The molecule has 2 aromatic rings. The van der Waals surface area contributed by atoms with Gasteiger partial charge in [0, 0.05) is 60.0 Å². The smallest absolute Gasteiger partial charge is 0.396 e. The van der Waals surface area contributed by atoms with Crippen LogP contribution in [0.25, 0.3) is 0 Å². The first-order valence-electron chi connectivity index (χ1n) is 21.1. The third kappa shape index (κ3) is 10.8. The molecule has 2 amide bonds. The molecule has 2 aliphatic carbocycles. The van der Waals surface area contributed by atoms with Crippen LogP contribution in [0.4, 0.5) is 0 Å².